The first-order valence-corrected chi connectivity index (χ1v) is 8.50. The molecule has 0 aromatic carbocycles. The van der Waals surface area contributed by atoms with E-state index in [1.54, 1.807) is 0 Å². The minimum atomic E-state index is 0.569. The smallest absolute Gasteiger partial charge is 0.188 e. The molecule has 3 N–H and O–H groups in total. The Morgan fingerprint density at radius 1 is 1.20 bits per heavy atom. The molecule has 118 valence electrons. The molecule has 1 saturated heterocycles. The van der Waals surface area contributed by atoms with Crippen LogP contribution >= 0.6 is 0 Å². The van der Waals surface area contributed by atoms with E-state index in [-0.39, 0.29) is 0 Å². The summed E-state index contributed by atoms with van der Waals surface area (Å²) in [4.78, 5) is 7.22. The van der Waals surface area contributed by atoms with Gasteiger partial charge in [0.1, 0.15) is 0 Å². The molecule has 0 radical (unpaired) electrons. The van der Waals surface area contributed by atoms with Gasteiger partial charge in [0, 0.05) is 12.6 Å². The van der Waals surface area contributed by atoms with Crippen LogP contribution in [-0.2, 0) is 0 Å². The highest BCUT2D eigenvalue weighted by Crippen LogP contribution is 2.23. The molecule has 0 saturated carbocycles. The molecule has 0 aromatic rings. The summed E-state index contributed by atoms with van der Waals surface area (Å²) in [5, 5.41) is 3.21. The topological polar surface area (TPSA) is 53.6 Å². The molecular weight excluding hydrogens is 248 g/mol. The average molecular weight is 282 g/mol. The highest BCUT2D eigenvalue weighted by Gasteiger charge is 2.27. The summed E-state index contributed by atoms with van der Waals surface area (Å²) in [5.74, 6) is 1.36. The van der Waals surface area contributed by atoms with Crippen LogP contribution in [0.25, 0.3) is 0 Å². The number of nitrogens with zero attached hydrogens (tertiary/aromatic N) is 2. The molecular formula is C16H34N4. The number of rotatable bonds is 9. The maximum Gasteiger partial charge on any atom is 0.188 e. The van der Waals surface area contributed by atoms with Gasteiger partial charge < -0.3 is 11.1 Å². The fourth-order valence-electron chi connectivity index (χ4n) is 3.11. The van der Waals surface area contributed by atoms with Crippen molar-refractivity contribution < 1.29 is 0 Å². The quantitative estimate of drug-likeness (QED) is 0.388. The molecule has 0 aromatic heterocycles. The minimum Gasteiger partial charge on any atom is -0.370 e. The van der Waals surface area contributed by atoms with Crippen LogP contribution in [0.15, 0.2) is 4.99 Å². The van der Waals surface area contributed by atoms with E-state index in [4.69, 9.17) is 5.73 Å². The second-order valence-corrected chi connectivity index (χ2v) is 5.89. The molecule has 1 aliphatic heterocycles. The third-order valence-electron chi connectivity index (χ3n) is 4.49. The maximum absolute atomic E-state index is 5.96. The third-order valence-corrected chi connectivity index (χ3v) is 4.49. The zero-order valence-corrected chi connectivity index (χ0v) is 13.7. The Kier molecular flexibility index (Phi) is 8.67. The Hall–Kier alpha value is -0.770. The molecule has 1 rings (SSSR count). The van der Waals surface area contributed by atoms with Crippen molar-refractivity contribution in [3.63, 3.8) is 0 Å². The summed E-state index contributed by atoms with van der Waals surface area (Å²) in [6.07, 6.45) is 7.48. The van der Waals surface area contributed by atoms with Crippen molar-refractivity contribution >= 4 is 5.96 Å². The summed E-state index contributed by atoms with van der Waals surface area (Å²) in [6.45, 7) is 11.0. The fraction of sp³-hybridized carbons (Fsp3) is 0.938. The number of hydrogen-bond acceptors (Lipinski definition) is 2. The Bertz CT molecular complexity index is 266. The molecule has 0 bridgehead atoms. The van der Waals surface area contributed by atoms with E-state index in [0.29, 0.717) is 12.0 Å². The lowest BCUT2D eigenvalue weighted by Crippen LogP contribution is -2.42. The monoisotopic (exact) mass is 282 g/mol. The summed E-state index contributed by atoms with van der Waals surface area (Å²) in [5.41, 5.74) is 5.96. The second kappa shape index (κ2) is 10.0. The highest BCUT2D eigenvalue weighted by atomic mass is 15.2. The number of aliphatic imine (C=N–C) groups is 1. The van der Waals surface area contributed by atoms with Gasteiger partial charge in [-0.3, -0.25) is 9.89 Å². The van der Waals surface area contributed by atoms with Gasteiger partial charge in [-0.1, -0.05) is 40.0 Å². The predicted molar refractivity (Wildman–Crippen MR) is 88.1 cm³/mol. The van der Waals surface area contributed by atoms with Gasteiger partial charge in [0.15, 0.2) is 5.96 Å². The Labute approximate surface area is 125 Å². The van der Waals surface area contributed by atoms with Crippen molar-refractivity contribution in [1.82, 2.24) is 10.2 Å². The number of unbranched alkanes of at least 4 members (excludes halogenated alkanes) is 1. The lowest BCUT2D eigenvalue weighted by Gasteiger charge is -2.32. The van der Waals surface area contributed by atoms with Crippen molar-refractivity contribution in [3.05, 3.63) is 0 Å². The molecule has 0 amide bonds. The lowest BCUT2D eigenvalue weighted by atomic mass is 9.93. The van der Waals surface area contributed by atoms with E-state index in [1.807, 2.05) is 0 Å². The van der Waals surface area contributed by atoms with Crippen LogP contribution in [0.1, 0.15) is 59.3 Å². The minimum absolute atomic E-state index is 0.569. The first kappa shape index (κ1) is 17.3. The predicted octanol–water partition coefficient (Wildman–Crippen LogP) is 2.59. The molecule has 0 aliphatic carbocycles. The van der Waals surface area contributed by atoms with E-state index in [0.717, 1.165) is 25.4 Å². The van der Waals surface area contributed by atoms with Crippen molar-refractivity contribution in [3.8, 4) is 0 Å². The van der Waals surface area contributed by atoms with Gasteiger partial charge in [0.2, 0.25) is 0 Å². The van der Waals surface area contributed by atoms with E-state index in [1.165, 1.54) is 45.2 Å². The van der Waals surface area contributed by atoms with Gasteiger partial charge in [-0.05, 0) is 38.3 Å². The first-order valence-electron chi connectivity index (χ1n) is 8.50. The molecule has 1 fully saturated rings. The van der Waals surface area contributed by atoms with Gasteiger partial charge in [0.05, 0.1) is 6.54 Å². The van der Waals surface area contributed by atoms with Gasteiger partial charge in [-0.25, -0.2) is 0 Å². The molecule has 0 spiro atoms. The molecule has 1 unspecified atom stereocenters. The molecule has 20 heavy (non-hydrogen) atoms. The molecule has 4 heteroatoms. The zero-order chi connectivity index (χ0) is 14.8. The second-order valence-electron chi connectivity index (χ2n) is 5.89. The fourth-order valence-corrected chi connectivity index (χ4v) is 3.11. The zero-order valence-electron chi connectivity index (χ0n) is 13.7. The van der Waals surface area contributed by atoms with Gasteiger partial charge in [-0.2, -0.15) is 0 Å². The average Bonchev–Trinajstić information content (AvgIpc) is 2.97. The summed E-state index contributed by atoms with van der Waals surface area (Å²) < 4.78 is 0. The van der Waals surface area contributed by atoms with E-state index >= 15 is 0 Å². The van der Waals surface area contributed by atoms with Gasteiger partial charge >= 0.3 is 0 Å². The number of nitrogens with one attached hydrogen (secondary N) is 1. The SMILES string of the molecule is CCCCNC(N)=NCC(C(CC)CC)N1CCCC1. The molecule has 1 aliphatic rings. The number of hydrogen-bond donors (Lipinski definition) is 2. The first-order chi connectivity index (χ1) is 9.72. The Morgan fingerprint density at radius 3 is 2.40 bits per heavy atom. The van der Waals surface area contributed by atoms with Crippen LogP contribution in [-0.4, -0.2) is 43.1 Å². The largest absolute Gasteiger partial charge is 0.370 e. The maximum atomic E-state index is 5.96. The molecule has 1 atom stereocenters. The van der Waals surface area contributed by atoms with Crippen LogP contribution in [0.3, 0.4) is 0 Å². The lowest BCUT2D eigenvalue weighted by molar-refractivity contribution is 0.172. The van der Waals surface area contributed by atoms with E-state index in [2.05, 4.69) is 36.0 Å². The summed E-state index contributed by atoms with van der Waals surface area (Å²) in [6, 6.07) is 0.569. The standard InChI is InChI=1S/C16H34N4/c1-4-7-10-18-16(17)19-13-15(14(5-2)6-3)20-11-8-9-12-20/h14-15H,4-13H2,1-3H3,(H3,17,18,19). The van der Waals surface area contributed by atoms with Crippen molar-refractivity contribution in [1.29, 1.82) is 0 Å². The summed E-state index contributed by atoms with van der Waals surface area (Å²) >= 11 is 0. The van der Waals surface area contributed by atoms with Crippen molar-refractivity contribution in [2.75, 3.05) is 26.2 Å². The number of likely N-dealkylation sites (tertiary alicyclic amines) is 1. The van der Waals surface area contributed by atoms with E-state index in [9.17, 15) is 0 Å². The van der Waals surface area contributed by atoms with E-state index < -0.39 is 0 Å². The van der Waals surface area contributed by atoms with Crippen LogP contribution in [0.5, 0.6) is 0 Å². The highest BCUT2D eigenvalue weighted by molar-refractivity contribution is 5.77. The van der Waals surface area contributed by atoms with Gasteiger partial charge in [0.25, 0.3) is 0 Å². The van der Waals surface area contributed by atoms with Crippen LogP contribution in [0, 0.1) is 5.92 Å². The third kappa shape index (κ3) is 5.70. The number of guanidine groups is 1. The summed E-state index contributed by atoms with van der Waals surface area (Å²) in [7, 11) is 0. The van der Waals surface area contributed by atoms with Crippen LogP contribution in [0.2, 0.25) is 0 Å². The number of nitrogens with two attached hydrogens (primary N) is 1. The molecule has 1 heterocycles. The Morgan fingerprint density at radius 2 is 1.85 bits per heavy atom. The molecule has 4 nitrogen and oxygen atoms in total. The van der Waals surface area contributed by atoms with Crippen LogP contribution < -0.4 is 11.1 Å². The Balaban J connectivity index is 2.52. The van der Waals surface area contributed by atoms with Crippen molar-refractivity contribution in [2.45, 2.75) is 65.3 Å². The normalized spacial score (nSPS) is 18.7. The van der Waals surface area contributed by atoms with Gasteiger partial charge in [-0.15, -0.1) is 0 Å². The van der Waals surface area contributed by atoms with Crippen LogP contribution in [0.4, 0.5) is 0 Å². The van der Waals surface area contributed by atoms with Crippen molar-refractivity contribution in [2.24, 2.45) is 16.6 Å².